The van der Waals surface area contributed by atoms with E-state index in [9.17, 15) is 9.90 Å². The molecule has 3 N–H and O–H groups in total. The van der Waals surface area contributed by atoms with E-state index in [2.05, 4.69) is 16.8 Å². The summed E-state index contributed by atoms with van der Waals surface area (Å²) < 4.78 is 7.79. The summed E-state index contributed by atoms with van der Waals surface area (Å²) in [5.41, 5.74) is 5.97. The maximum Gasteiger partial charge on any atom is 0.268 e. The summed E-state index contributed by atoms with van der Waals surface area (Å²) in [6, 6.07) is 5.50. The highest BCUT2D eigenvalue weighted by Crippen LogP contribution is 2.34. The topological polar surface area (TPSA) is 90.4 Å². The van der Waals surface area contributed by atoms with Crippen LogP contribution in [0.15, 0.2) is 24.4 Å². The lowest BCUT2D eigenvalue weighted by Crippen LogP contribution is -2.17. The number of aromatic nitrogens is 2. The van der Waals surface area contributed by atoms with Crippen LogP contribution in [0, 0.1) is 11.8 Å². The van der Waals surface area contributed by atoms with E-state index in [1.165, 1.54) is 0 Å². The minimum Gasteiger partial charge on any atom is -0.488 e. The van der Waals surface area contributed by atoms with E-state index in [4.69, 9.17) is 10.5 Å². The molecule has 0 radical (unpaired) electrons. The van der Waals surface area contributed by atoms with E-state index < -0.39 is 11.5 Å². The number of carbonyl (C=O) groups excluding carboxylic acids is 1. The number of hydrogen-bond donors (Lipinski definition) is 2. The molecule has 0 fully saturated rings. The van der Waals surface area contributed by atoms with Crippen molar-refractivity contribution in [2.75, 3.05) is 0 Å². The quantitative estimate of drug-likeness (QED) is 0.778. The van der Waals surface area contributed by atoms with E-state index in [0.717, 1.165) is 11.1 Å². The van der Waals surface area contributed by atoms with Crippen molar-refractivity contribution in [2.24, 2.45) is 5.73 Å². The van der Waals surface area contributed by atoms with Crippen molar-refractivity contribution in [3.8, 4) is 29.0 Å². The number of nitrogens with two attached hydrogens (primary N) is 1. The number of benzene rings is 1. The first-order valence-corrected chi connectivity index (χ1v) is 7.66. The molecule has 6 nitrogen and oxygen atoms in total. The molecular formula is C18H19N3O3. The fraction of sp³-hybridized carbons (Fsp3) is 0.333. The molecule has 1 atom stereocenters. The monoisotopic (exact) mass is 325 g/mol. The summed E-state index contributed by atoms with van der Waals surface area (Å²) in [6.07, 6.45) is 1.56. The van der Waals surface area contributed by atoms with Crippen LogP contribution in [0.25, 0.3) is 11.4 Å². The Morgan fingerprint density at radius 1 is 1.50 bits per heavy atom. The van der Waals surface area contributed by atoms with E-state index in [1.807, 2.05) is 29.7 Å². The number of nitrogens with zero attached hydrogens (tertiary/aromatic N) is 2. The van der Waals surface area contributed by atoms with Crippen molar-refractivity contribution in [3.05, 3.63) is 35.7 Å². The maximum atomic E-state index is 11.4. The number of carbonyl (C=O) groups is 1. The minimum absolute atomic E-state index is 0.0757. The highest BCUT2D eigenvalue weighted by molar-refractivity contribution is 5.91. The number of rotatable bonds is 1. The van der Waals surface area contributed by atoms with Gasteiger partial charge in [0, 0.05) is 11.8 Å². The molecule has 0 saturated carbocycles. The fourth-order valence-corrected chi connectivity index (χ4v) is 2.53. The predicted octanol–water partition coefficient (Wildman–Crippen LogP) is 1.55. The Hall–Kier alpha value is -2.78. The van der Waals surface area contributed by atoms with Gasteiger partial charge < -0.3 is 20.1 Å². The third-order valence-electron chi connectivity index (χ3n) is 3.54. The van der Waals surface area contributed by atoms with Crippen molar-refractivity contribution >= 4 is 5.91 Å². The normalized spacial score (nSPS) is 16.1. The molecule has 1 aliphatic rings. The molecule has 0 unspecified atom stereocenters. The molecule has 3 rings (SSSR count). The van der Waals surface area contributed by atoms with Gasteiger partial charge >= 0.3 is 0 Å². The molecule has 24 heavy (non-hydrogen) atoms. The van der Waals surface area contributed by atoms with Crippen LogP contribution in [-0.4, -0.2) is 32.3 Å². The van der Waals surface area contributed by atoms with Gasteiger partial charge in [-0.2, -0.15) is 0 Å². The fourth-order valence-electron chi connectivity index (χ4n) is 2.53. The van der Waals surface area contributed by atoms with Crippen molar-refractivity contribution < 1.29 is 14.6 Å². The molecule has 6 heteroatoms. The lowest BCUT2D eigenvalue weighted by atomic mass is 10.1. The predicted molar refractivity (Wildman–Crippen MR) is 89.4 cm³/mol. The summed E-state index contributed by atoms with van der Waals surface area (Å²) >= 11 is 0. The van der Waals surface area contributed by atoms with Gasteiger partial charge in [0.1, 0.15) is 29.0 Å². The van der Waals surface area contributed by atoms with Crippen LogP contribution in [0.1, 0.15) is 36.8 Å². The van der Waals surface area contributed by atoms with Crippen molar-refractivity contribution in [1.82, 2.24) is 9.55 Å². The number of imidazole rings is 1. The Morgan fingerprint density at radius 2 is 2.25 bits per heavy atom. The van der Waals surface area contributed by atoms with Crippen LogP contribution in [0.2, 0.25) is 0 Å². The Kier molecular flexibility index (Phi) is 3.82. The average Bonchev–Trinajstić information content (AvgIpc) is 2.84. The molecule has 0 spiro atoms. The molecule has 1 aromatic carbocycles. The van der Waals surface area contributed by atoms with Gasteiger partial charge in [-0.25, -0.2) is 4.98 Å². The van der Waals surface area contributed by atoms with Crippen molar-refractivity contribution in [3.63, 3.8) is 0 Å². The number of aliphatic hydroxyl groups is 1. The Morgan fingerprint density at radius 3 is 2.92 bits per heavy atom. The van der Waals surface area contributed by atoms with E-state index in [1.54, 1.807) is 20.0 Å². The van der Waals surface area contributed by atoms with Crippen LogP contribution >= 0.6 is 0 Å². The number of ether oxygens (including phenoxy) is 1. The first kappa shape index (κ1) is 16.1. The zero-order chi connectivity index (χ0) is 17.5. The maximum absolute atomic E-state index is 11.4. The van der Waals surface area contributed by atoms with Gasteiger partial charge in [-0.05, 0) is 39.0 Å². The molecular weight excluding hydrogens is 306 g/mol. The molecule has 0 saturated heterocycles. The minimum atomic E-state index is -1.07. The first-order valence-electron chi connectivity index (χ1n) is 7.66. The summed E-state index contributed by atoms with van der Waals surface area (Å²) in [4.78, 5) is 15.8. The number of primary amides is 1. The van der Waals surface area contributed by atoms with E-state index in [-0.39, 0.29) is 11.8 Å². The molecule has 2 heterocycles. The Balaban J connectivity index is 2.13. The van der Waals surface area contributed by atoms with Crippen LogP contribution < -0.4 is 10.5 Å². The van der Waals surface area contributed by atoms with Crippen molar-refractivity contribution in [1.29, 1.82) is 0 Å². The summed E-state index contributed by atoms with van der Waals surface area (Å²) in [5, 5.41) is 9.75. The van der Waals surface area contributed by atoms with Crippen LogP contribution in [0.3, 0.4) is 0 Å². The zero-order valence-electron chi connectivity index (χ0n) is 13.8. The molecule has 1 aromatic heterocycles. The van der Waals surface area contributed by atoms with Crippen LogP contribution in [0.4, 0.5) is 0 Å². The second-order valence-corrected chi connectivity index (χ2v) is 6.41. The summed E-state index contributed by atoms with van der Waals surface area (Å²) in [5.74, 6) is 6.45. The number of amides is 1. The van der Waals surface area contributed by atoms with E-state index >= 15 is 0 Å². The SMILES string of the molecule is C[C@H]1Cn2cc(C(N)=O)nc2-c2cc(C#CC(C)(C)O)ccc2O1. The van der Waals surface area contributed by atoms with E-state index in [0.29, 0.717) is 18.1 Å². The van der Waals surface area contributed by atoms with Gasteiger partial charge in [-0.3, -0.25) is 4.79 Å². The average molecular weight is 325 g/mol. The lowest BCUT2D eigenvalue weighted by Gasteiger charge is -2.12. The second-order valence-electron chi connectivity index (χ2n) is 6.41. The zero-order valence-corrected chi connectivity index (χ0v) is 13.8. The van der Waals surface area contributed by atoms with Crippen LogP contribution in [0.5, 0.6) is 5.75 Å². The first-order chi connectivity index (χ1) is 11.2. The molecule has 0 aliphatic carbocycles. The highest BCUT2D eigenvalue weighted by atomic mass is 16.5. The number of fused-ring (bicyclic) bond motifs is 3. The molecule has 124 valence electrons. The second kappa shape index (κ2) is 5.69. The van der Waals surface area contributed by atoms with Crippen molar-refractivity contribution in [2.45, 2.75) is 39.0 Å². The molecule has 2 aromatic rings. The molecule has 1 aliphatic heterocycles. The number of hydrogen-bond acceptors (Lipinski definition) is 4. The highest BCUT2D eigenvalue weighted by Gasteiger charge is 2.23. The lowest BCUT2D eigenvalue weighted by molar-refractivity contribution is 0.0995. The molecule has 0 bridgehead atoms. The van der Waals surface area contributed by atoms with Gasteiger partial charge in [0.25, 0.3) is 5.91 Å². The Labute approximate surface area is 140 Å². The largest absolute Gasteiger partial charge is 0.488 e. The van der Waals surface area contributed by atoms with Gasteiger partial charge in [0.15, 0.2) is 0 Å². The van der Waals surface area contributed by atoms with Gasteiger partial charge in [0.05, 0.1) is 12.1 Å². The standard InChI is InChI=1S/C18H19N3O3/c1-11-9-21-10-14(16(19)22)20-17(21)13-8-12(4-5-15(13)24-11)6-7-18(2,3)23/h4-5,8,10-11,23H,9H2,1-3H3,(H2,19,22)/t11-/m0/s1. The van der Waals surface area contributed by atoms with Gasteiger partial charge in [-0.15, -0.1) is 0 Å². The third-order valence-corrected chi connectivity index (χ3v) is 3.54. The molecule has 1 amide bonds. The summed E-state index contributed by atoms with van der Waals surface area (Å²) in [6.45, 7) is 5.76. The van der Waals surface area contributed by atoms with Gasteiger partial charge in [-0.1, -0.05) is 11.8 Å². The Bertz CT molecular complexity index is 866. The summed E-state index contributed by atoms with van der Waals surface area (Å²) in [7, 11) is 0. The third kappa shape index (κ3) is 3.26. The van der Waals surface area contributed by atoms with Crippen LogP contribution in [-0.2, 0) is 6.54 Å². The van der Waals surface area contributed by atoms with Gasteiger partial charge in [0.2, 0.25) is 0 Å². The smallest absolute Gasteiger partial charge is 0.268 e.